The fourth-order valence-electron chi connectivity index (χ4n) is 1.75. The average molecular weight is 266 g/mol. The van der Waals surface area contributed by atoms with Crippen LogP contribution in [-0.4, -0.2) is 12.6 Å². The number of allylic oxidation sites excluding steroid dienone is 2. The summed E-state index contributed by atoms with van der Waals surface area (Å²) < 4.78 is 5.03. The number of esters is 1. The minimum atomic E-state index is -0.269. The SMILES string of the molecule is C=C(C)C(=O)OCCCCCC/C=C/CCCCC. The van der Waals surface area contributed by atoms with E-state index in [2.05, 4.69) is 25.7 Å². The molecule has 0 saturated carbocycles. The number of hydrogen-bond donors (Lipinski definition) is 0. The van der Waals surface area contributed by atoms with E-state index in [1.807, 2.05) is 0 Å². The number of rotatable bonds is 12. The van der Waals surface area contributed by atoms with Gasteiger partial charge in [-0.3, -0.25) is 0 Å². The van der Waals surface area contributed by atoms with Gasteiger partial charge in [-0.05, 0) is 39.0 Å². The normalized spacial score (nSPS) is 10.8. The molecule has 110 valence electrons. The highest BCUT2D eigenvalue weighted by Gasteiger charge is 2.01. The molecule has 0 spiro atoms. The third-order valence-corrected chi connectivity index (χ3v) is 2.99. The van der Waals surface area contributed by atoms with E-state index in [0.29, 0.717) is 12.2 Å². The summed E-state index contributed by atoms with van der Waals surface area (Å²) in [7, 11) is 0. The first-order chi connectivity index (χ1) is 9.18. The van der Waals surface area contributed by atoms with Crippen molar-refractivity contribution in [3.8, 4) is 0 Å². The number of ether oxygens (including phenoxy) is 1. The van der Waals surface area contributed by atoms with Crippen molar-refractivity contribution in [3.63, 3.8) is 0 Å². The van der Waals surface area contributed by atoms with Gasteiger partial charge in [0.2, 0.25) is 0 Å². The second-order valence-electron chi connectivity index (χ2n) is 5.09. The van der Waals surface area contributed by atoms with Crippen LogP contribution in [0.1, 0.15) is 71.6 Å². The molecule has 0 heterocycles. The number of hydrogen-bond acceptors (Lipinski definition) is 2. The minimum Gasteiger partial charge on any atom is -0.462 e. The lowest BCUT2D eigenvalue weighted by molar-refractivity contribution is -0.139. The van der Waals surface area contributed by atoms with Gasteiger partial charge >= 0.3 is 5.97 Å². The minimum absolute atomic E-state index is 0.269. The third-order valence-electron chi connectivity index (χ3n) is 2.99. The lowest BCUT2D eigenvalue weighted by Gasteiger charge is -2.03. The van der Waals surface area contributed by atoms with E-state index in [1.165, 1.54) is 44.9 Å². The Kier molecular flexibility index (Phi) is 12.6. The van der Waals surface area contributed by atoms with Gasteiger partial charge < -0.3 is 4.74 Å². The molecule has 0 unspecified atom stereocenters. The molecule has 0 aliphatic heterocycles. The summed E-state index contributed by atoms with van der Waals surface area (Å²) in [5.74, 6) is -0.269. The van der Waals surface area contributed by atoms with Gasteiger partial charge in [0.15, 0.2) is 0 Å². The molecule has 0 saturated heterocycles. The third kappa shape index (κ3) is 13.2. The van der Waals surface area contributed by atoms with E-state index < -0.39 is 0 Å². The van der Waals surface area contributed by atoms with Gasteiger partial charge in [0.25, 0.3) is 0 Å². The Bertz CT molecular complexity index is 266. The molecule has 0 amide bonds. The second-order valence-corrected chi connectivity index (χ2v) is 5.09. The topological polar surface area (TPSA) is 26.3 Å². The maximum atomic E-state index is 11.1. The van der Waals surface area contributed by atoms with Gasteiger partial charge in [-0.15, -0.1) is 0 Å². The van der Waals surface area contributed by atoms with Crippen molar-refractivity contribution < 1.29 is 9.53 Å². The predicted octanol–water partition coefficient (Wildman–Crippen LogP) is 5.19. The van der Waals surface area contributed by atoms with Crippen LogP contribution in [-0.2, 0) is 9.53 Å². The molecule has 0 fully saturated rings. The predicted molar refractivity (Wildman–Crippen MR) is 82.1 cm³/mol. The molecule has 0 atom stereocenters. The average Bonchev–Trinajstić information content (AvgIpc) is 2.39. The molecular formula is C17H30O2. The molecule has 19 heavy (non-hydrogen) atoms. The van der Waals surface area contributed by atoms with E-state index in [4.69, 9.17) is 4.74 Å². The first-order valence-corrected chi connectivity index (χ1v) is 7.66. The summed E-state index contributed by atoms with van der Waals surface area (Å²) in [6.45, 7) is 7.98. The molecule has 2 heteroatoms. The molecule has 0 radical (unpaired) electrons. The summed E-state index contributed by atoms with van der Waals surface area (Å²) in [6, 6.07) is 0. The van der Waals surface area contributed by atoms with Crippen LogP contribution in [0.2, 0.25) is 0 Å². The monoisotopic (exact) mass is 266 g/mol. The first kappa shape index (κ1) is 17.9. The van der Waals surface area contributed by atoms with Crippen LogP contribution in [0, 0.1) is 0 Å². The lowest BCUT2D eigenvalue weighted by atomic mass is 10.1. The summed E-state index contributed by atoms with van der Waals surface area (Å²) in [5, 5.41) is 0. The van der Waals surface area contributed by atoms with Crippen molar-refractivity contribution in [1.29, 1.82) is 0 Å². The number of unbranched alkanes of at least 4 members (excludes halogenated alkanes) is 7. The fraction of sp³-hybridized carbons (Fsp3) is 0.706. The van der Waals surface area contributed by atoms with Gasteiger partial charge in [-0.1, -0.05) is 51.3 Å². The van der Waals surface area contributed by atoms with Crippen molar-refractivity contribution in [3.05, 3.63) is 24.3 Å². The number of carbonyl (C=O) groups is 1. The summed E-state index contributed by atoms with van der Waals surface area (Å²) >= 11 is 0. The van der Waals surface area contributed by atoms with Gasteiger partial charge in [0.1, 0.15) is 0 Å². The Morgan fingerprint density at radius 1 is 1.00 bits per heavy atom. The summed E-state index contributed by atoms with van der Waals surface area (Å²) in [5.41, 5.74) is 0.480. The Hall–Kier alpha value is -1.05. The van der Waals surface area contributed by atoms with E-state index in [1.54, 1.807) is 6.92 Å². The molecule has 0 aromatic carbocycles. The fourth-order valence-corrected chi connectivity index (χ4v) is 1.75. The zero-order valence-corrected chi connectivity index (χ0v) is 12.7. The summed E-state index contributed by atoms with van der Waals surface area (Å²) in [6.07, 6.45) is 15.5. The molecule has 0 aromatic heterocycles. The number of carbonyl (C=O) groups excluding carboxylic acids is 1. The molecule has 2 nitrogen and oxygen atoms in total. The second kappa shape index (κ2) is 13.4. The van der Waals surface area contributed by atoms with Gasteiger partial charge in [0.05, 0.1) is 6.61 Å². The van der Waals surface area contributed by atoms with Crippen LogP contribution in [0.15, 0.2) is 24.3 Å². The van der Waals surface area contributed by atoms with Crippen LogP contribution in [0.3, 0.4) is 0 Å². The van der Waals surface area contributed by atoms with Crippen LogP contribution in [0.5, 0.6) is 0 Å². The zero-order valence-electron chi connectivity index (χ0n) is 12.7. The molecule has 0 bridgehead atoms. The highest BCUT2D eigenvalue weighted by Crippen LogP contribution is 2.06. The highest BCUT2D eigenvalue weighted by atomic mass is 16.5. The molecule has 0 aliphatic carbocycles. The summed E-state index contributed by atoms with van der Waals surface area (Å²) in [4.78, 5) is 11.1. The van der Waals surface area contributed by atoms with Crippen LogP contribution >= 0.6 is 0 Å². The maximum Gasteiger partial charge on any atom is 0.333 e. The van der Waals surface area contributed by atoms with Crippen molar-refractivity contribution in [2.75, 3.05) is 6.61 Å². The van der Waals surface area contributed by atoms with Crippen molar-refractivity contribution in [2.24, 2.45) is 0 Å². The quantitative estimate of drug-likeness (QED) is 0.210. The van der Waals surface area contributed by atoms with E-state index >= 15 is 0 Å². The zero-order chi connectivity index (χ0) is 14.3. The van der Waals surface area contributed by atoms with Crippen molar-refractivity contribution >= 4 is 5.97 Å². The standard InChI is InChI=1S/C17H30O2/c1-4-5-6-7-8-9-10-11-12-13-14-15-19-17(18)16(2)3/h8-9H,2,4-7,10-15H2,1,3H3/b9-8+. The van der Waals surface area contributed by atoms with Gasteiger partial charge in [-0.2, -0.15) is 0 Å². The Balaban J connectivity index is 3.19. The molecule has 0 N–H and O–H groups in total. The Morgan fingerprint density at radius 2 is 1.58 bits per heavy atom. The van der Waals surface area contributed by atoms with Crippen LogP contribution in [0.4, 0.5) is 0 Å². The maximum absolute atomic E-state index is 11.1. The smallest absolute Gasteiger partial charge is 0.333 e. The van der Waals surface area contributed by atoms with Crippen LogP contribution in [0.25, 0.3) is 0 Å². The van der Waals surface area contributed by atoms with Gasteiger partial charge in [-0.25, -0.2) is 4.79 Å². The van der Waals surface area contributed by atoms with Crippen molar-refractivity contribution in [1.82, 2.24) is 0 Å². The van der Waals surface area contributed by atoms with E-state index in [9.17, 15) is 4.79 Å². The lowest BCUT2D eigenvalue weighted by Crippen LogP contribution is -2.05. The molecular weight excluding hydrogens is 236 g/mol. The van der Waals surface area contributed by atoms with E-state index in [-0.39, 0.29) is 5.97 Å². The largest absolute Gasteiger partial charge is 0.462 e. The molecule has 0 rings (SSSR count). The molecule has 0 aliphatic rings. The van der Waals surface area contributed by atoms with E-state index in [0.717, 1.165) is 12.8 Å². The Labute approximate surface area is 118 Å². The van der Waals surface area contributed by atoms with Crippen LogP contribution < -0.4 is 0 Å². The van der Waals surface area contributed by atoms with Gasteiger partial charge in [0, 0.05) is 5.57 Å². The molecule has 0 aromatic rings. The first-order valence-electron chi connectivity index (χ1n) is 7.66. The van der Waals surface area contributed by atoms with Crippen molar-refractivity contribution in [2.45, 2.75) is 71.6 Å². The highest BCUT2D eigenvalue weighted by molar-refractivity contribution is 5.86. The Morgan fingerprint density at radius 3 is 2.16 bits per heavy atom.